The van der Waals surface area contributed by atoms with E-state index < -0.39 is 0 Å². The summed E-state index contributed by atoms with van der Waals surface area (Å²) in [7, 11) is 0. The van der Waals surface area contributed by atoms with Crippen molar-refractivity contribution in [2.75, 3.05) is 0 Å². The predicted molar refractivity (Wildman–Crippen MR) is 67.9 cm³/mol. The van der Waals surface area contributed by atoms with E-state index >= 15 is 0 Å². The fourth-order valence-corrected chi connectivity index (χ4v) is 2.57. The van der Waals surface area contributed by atoms with Gasteiger partial charge in [0.25, 0.3) is 5.56 Å². The minimum absolute atomic E-state index is 0.000508. The molecular weight excluding hydrogens is 303 g/mol. The molecule has 0 bridgehead atoms. The molecule has 1 aromatic heterocycles. The maximum atomic E-state index is 11.4. The summed E-state index contributed by atoms with van der Waals surface area (Å²) in [6.45, 7) is 2.23. The van der Waals surface area contributed by atoms with E-state index in [1.165, 1.54) is 25.7 Å². The van der Waals surface area contributed by atoms with Gasteiger partial charge in [-0.15, -0.1) is 0 Å². The number of hydrogen-bond acceptors (Lipinski definition) is 2. The largest absolute Gasteiger partial charge is 0.309 e. The molecule has 0 saturated heterocycles. The SMILES string of the molecule is CCC1CCC(c2ncc(I)c(=O)[nH]2)C1. The Bertz CT molecular complexity index is 402. The maximum absolute atomic E-state index is 11.4. The van der Waals surface area contributed by atoms with E-state index in [1.54, 1.807) is 6.20 Å². The zero-order valence-corrected chi connectivity index (χ0v) is 11.0. The number of nitrogens with one attached hydrogen (secondary N) is 1. The van der Waals surface area contributed by atoms with E-state index in [-0.39, 0.29) is 5.56 Å². The molecule has 0 aliphatic heterocycles. The van der Waals surface area contributed by atoms with E-state index in [2.05, 4.69) is 16.9 Å². The molecule has 1 saturated carbocycles. The second-order valence-electron chi connectivity index (χ2n) is 4.23. The summed E-state index contributed by atoms with van der Waals surface area (Å²) in [5, 5.41) is 0. The number of aromatic nitrogens is 2. The molecule has 82 valence electrons. The summed E-state index contributed by atoms with van der Waals surface area (Å²) in [6.07, 6.45) is 6.54. The van der Waals surface area contributed by atoms with Crippen molar-refractivity contribution in [3.8, 4) is 0 Å². The molecule has 15 heavy (non-hydrogen) atoms. The van der Waals surface area contributed by atoms with Gasteiger partial charge in [-0.1, -0.05) is 13.3 Å². The van der Waals surface area contributed by atoms with E-state index in [0.29, 0.717) is 9.49 Å². The molecule has 1 aliphatic carbocycles. The number of aromatic amines is 1. The first kappa shape index (κ1) is 11.1. The van der Waals surface area contributed by atoms with E-state index in [1.807, 2.05) is 22.6 Å². The van der Waals surface area contributed by atoms with Gasteiger partial charge in [0.05, 0.1) is 3.57 Å². The molecule has 0 amide bonds. The standard InChI is InChI=1S/C11H15IN2O/c1-2-7-3-4-8(5-7)10-13-6-9(12)11(15)14-10/h6-8H,2-5H2,1H3,(H,13,14,15). The van der Waals surface area contributed by atoms with Gasteiger partial charge >= 0.3 is 0 Å². The average molecular weight is 318 g/mol. The van der Waals surface area contributed by atoms with Gasteiger partial charge in [-0.05, 0) is 47.8 Å². The molecule has 4 heteroatoms. The van der Waals surface area contributed by atoms with E-state index in [0.717, 1.165) is 11.7 Å². The van der Waals surface area contributed by atoms with Gasteiger partial charge < -0.3 is 4.98 Å². The highest BCUT2D eigenvalue weighted by molar-refractivity contribution is 14.1. The smallest absolute Gasteiger partial charge is 0.264 e. The Morgan fingerprint density at radius 3 is 3.00 bits per heavy atom. The lowest BCUT2D eigenvalue weighted by molar-refractivity contribution is 0.516. The first-order valence-corrected chi connectivity index (χ1v) is 6.53. The third-order valence-electron chi connectivity index (χ3n) is 3.28. The van der Waals surface area contributed by atoms with Gasteiger partial charge in [0.2, 0.25) is 0 Å². The molecule has 0 spiro atoms. The normalized spacial score (nSPS) is 25.7. The van der Waals surface area contributed by atoms with Crippen molar-refractivity contribution in [1.29, 1.82) is 0 Å². The maximum Gasteiger partial charge on any atom is 0.264 e. The molecule has 2 unspecified atom stereocenters. The third kappa shape index (κ3) is 2.41. The van der Waals surface area contributed by atoms with Crippen LogP contribution in [0.3, 0.4) is 0 Å². The molecule has 2 atom stereocenters. The Balaban J connectivity index is 2.17. The molecule has 1 aliphatic rings. The zero-order valence-electron chi connectivity index (χ0n) is 8.79. The van der Waals surface area contributed by atoms with Crippen LogP contribution in [-0.2, 0) is 0 Å². The molecule has 0 aromatic carbocycles. The van der Waals surface area contributed by atoms with Crippen LogP contribution in [0, 0.1) is 9.49 Å². The lowest BCUT2D eigenvalue weighted by Gasteiger charge is -2.08. The van der Waals surface area contributed by atoms with Crippen LogP contribution < -0.4 is 5.56 Å². The summed E-state index contributed by atoms with van der Waals surface area (Å²) in [4.78, 5) is 18.7. The van der Waals surface area contributed by atoms with Crippen molar-refractivity contribution in [3.63, 3.8) is 0 Å². The monoisotopic (exact) mass is 318 g/mol. The third-order valence-corrected chi connectivity index (χ3v) is 4.05. The van der Waals surface area contributed by atoms with Crippen LogP contribution in [0.1, 0.15) is 44.3 Å². The number of H-pyrrole nitrogens is 1. The Labute approximate surface area is 103 Å². The first-order chi connectivity index (χ1) is 7.20. The molecule has 3 nitrogen and oxygen atoms in total. The second kappa shape index (κ2) is 4.63. The van der Waals surface area contributed by atoms with Gasteiger partial charge in [-0.3, -0.25) is 4.79 Å². The first-order valence-electron chi connectivity index (χ1n) is 5.45. The number of hydrogen-bond donors (Lipinski definition) is 1. The summed E-state index contributed by atoms with van der Waals surface area (Å²) >= 11 is 2.01. The Morgan fingerprint density at radius 1 is 1.60 bits per heavy atom. The van der Waals surface area contributed by atoms with Crippen LogP contribution >= 0.6 is 22.6 Å². The van der Waals surface area contributed by atoms with Crippen molar-refractivity contribution in [1.82, 2.24) is 9.97 Å². The van der Waals surface area contributed by atoms with Crippen molar-refractivity contribution in [2.24, 2.45) is 5.92 Å². The van der Waals surface area contributed by atoms with Crippen molar-refractivity contribution in [2.45, 2.75) is 38.5 Å². The van der Waals surface area contributed by atoms with Crippen molar-refractivity contribution >= 4 is 22.6 Å². The second-order valence-corrected chi connectivity index (χ2v) is 5.39. The number of rotatable bonds is 2. The van der Waals surface area contributed by atoms with Crippen LogP contribution in [0.2, 0.25) is 0 Å². The molecule has 1 aromatic rings. The molecule has 2 rings (SSSR count). The molecule has 1 N–H and O–H groups in total. The highest BCUT2D eigenvalue weighted by Gasteiger charge is 2.26. The molecule has 1 fully saturated rings. The minimum Gasteiger partial charge on any atom is -0.309 e. The van der Waals surface area contributed by atoms with Crippen LogP contribution in [0.15, 0.2) is 11.0 Å². The Hall–Kier alpha value is -0.390. The van der Waals surface area contributed by atoms with Crippen LogP contribution in [0.25, 0.3) is 0 Å². The molecular formula is C11H15IN2O. The van der Waals surface area contributed by atoms with E-state index in [4.69, 9.17) is 0 Å². The van der Waals surface area contributed by atoms with Crippen LogP contribution in [0.4, 0.5) is 0 Å². The topological polar surface area (TPSA) is 45.8 Å². The van der Waals surface area contributed by atoms with Gasteiger partial charge in [0.15, 0.2) is 0 Å². The Morgan fingerprint density at radius 2 is 2.40 bits per heavy atom. The summed E-state index contributed by atoms with van der Waals surface area (Å²) < 4.78 is 0.668. The fraction of sp³-hybridized carbons (Fsp3) is 0.636. The highest BCUT2D eigenvalue weighted by Crippen LogP contribution is 2.37. The van der Waals surface area contributed by atoms with Crippen LogP contribution in [0.5, 0.6) is 0 Å². The van der Waals surface area contributed by atoms with Crippen LogP contribution in [-0.4, -0.2) is 9.97 Å². The average Bonchev–Trinajstić information content (AvgIpc) is 2.70. The number of nitrogens with zero attached hydrogens (tertiary/aromatic N) is 1. The van der Waals surface area contributed by atoms with Crippen molar-refractivity contribution < 1.29 is 0 Å². The summed E-state index contributed by atoms with van der Waals surface area (Å²) in [6, 6.07) is 0. The summed E-state index contributed by atoms with van der Waals surface area (Å²) in [5.41, 5.74) is 0.000508. The number of halogens is 1. The quantitative estimate of drug-likeness (QED) is 0.852. The van der Waals surface area contributed by atoms with Gasteiger partial charge in [0.1, 0.15) is 5.82 Å². The Kier molecular flexibility index (Phi) is 3.43. The van der Waals surface area contributed by atoms with Crippen molar-refractivity contribution in [3.05, 3.63) is 25.9 Å². The minimum atomic E-state index is 0.000508. The lowest BCUT2D eigenvalue weighted by Crippen LogP contribution is -2.15. The van der Waals surface area contributed by atoms with Gasteiger partial charge in [0, 0.05) is 12.1 Å². The fourth-order valence-electron chi connectivity index (χ4n) is 2.29. The molecule has 1 heterocycles. The highest BCUT2D eigenvalue weighted by atomic mass is 127. The van der Waals surface area contributed by atoms with Gasteiger partial charge in [-0.25, -0.2) is 4.98 Å². The summed E-state index contributed by atoms with van der Waals surface area (Å²) in [5.74, 6) is 2.18. The predicted octanol–water partition coefficient (Wildman–Crippen LogP) is 2.67. The zero-order chi connectivity index (χ0) is 10.8. The lowest BCUT2D eigenvalue weighted by atomic mass is 10.0. The van der Waals surface area contributed by atoms with Gasteiger partial charge in [-0.2, -0.15) is 0 Å². The van der Waals surface area contributed by atoms with E-state index in [9.17, 15) is 4.79 Å². The molecule has 0 radical (unpaired) electrons.